The van der Waals surface area contributed by atoms with Gasteiger partial charge in [-0.25, -0.2) is 4.79 Å². The fourth-order valence-corrected chi connectivity index (χ4v) is 2.17. The molecule has 0 radical (unpaired) electrons. The average molecular weight is 302 g/mol. The largest absolute Gasteiger partial charge is 0.394 e. The van der Waals surface area contributed by atoms with Gasteiger partial charge in [0.25, 0.3) is 5.56 Å². The van der Waals surface area contributed by atoms with E-state index >= 15 is 0 Å². The maximum Gasteiger partial charge on any atom is 0.330 e. The molecular weight excluding hydrogens is 284 g/mol. The van der Waals surface area contributed by atoms with Crippen LogP contribution >= 0.6 is 0 Å². The van der Waals surface area contributed by atoms with Crippen molar-refractivity contribution in [2.75, 3.05) is 26.9 Å². The summed E-state index contributed by atoms with van der Waals surface area (Å²) in [4.78, 5) is 25.0. The molecule has 0 spiro atoms. The van der Waals surface area contributed by atoms with E-state index in [1.165, 1.54) is 13.3 Å². The molecule has 0 bridgehead atoms. The normalized spacial score (nSPS) is 28.9. The monoisotopic (exact) mass is 302 g/mol. The Kier molecular flexibility index (Phi) is 5.26. The smallest absolute Gasteiger partial charge is 0.330 e. The molecular formula is C12H18N2O7. The lowest BCUT2D eigenvalue weighted by atomic mass is 10.1. The summed E-state index contributed by atoms with van der Waals surface area (Å²) in [5, 5.41) is 19.3. The van der Waals surface area contributed by atoms with Crippen LogP contribution in [0.3, 0.4) is 0 Å². The number of aliphatic hydroxyl groups is 2. The summed E-state index contributed by atoms with van der Waals surface area (Å²) in [5.74, 6) is 0. The SMILES string of the molecule is COCCO[C@@H]1[C@@H](O)[C@@H](CO)O[C@@H]1n1ccc(=O)[nH]c1=O. The molecule has 2 rings (SSSR count). The summed E-state index contributed by atoms with van der Waals surface area (Å²) < 4.78 is 16.9. The third-order valence-electron chi connectivity index (χ3n) is 3.22. The Balaban J connectivity index is 2.25. The minimum atomic E-state index is -1.10. The molecule has 1 aliphatic heterocycles. The highest BCUT2D eigenvalue weighted by Crippen LogP contribution is 2.30. The summed E-state index contributed by atoms with van der Waals surface area (Å²) in [5.41, 5.74) is -1.22. The van der Waals surface area contributed by atoms with Crippen LogP contribution < -0.4 is 11.2 Å². The number of aromatic nitrogens is 2. The molecule has 3 N–H and O–H groups in total. The first-order valence-electron chi connectivity index (χ1n) is 6.45. The van der Waals surface area contributed by atoms with Crippen LogP contribution in [0.2, 0.25) is 0 Å². The number of hydrogen-bond acceptors (Lipinski definition) is 7. The standard InChI is InChI=1S/C12H18N2O7/c1-19-4-5-20-10-9(17)7(6-15)21-11(10)14-3-2-8(16)13-12(14)18/h2-3,7,9-11,15,17H,4-6H2,1H3,(H,13,16,18)/t7-,9+,10-,11+/m1/s1. The zero-order valence-corrected chi connectivity index (χ0v) is 11.5. The van der Waals surface area contributed by atoms with Crippen molar-refractivity contribution in [2.24, 2.45) is 0 Å². The lowest BCUT2D eigenvalue weighted by molar-refractivity contribution is -0.0819. The lowest BCUT2D eigenvalue weighted by Gasteiger charge is -2.22. The van der Waals surface area contributed by atoms with E-state index in [1.807, 2.05) is 0 Å². The van der Waals surface area contributed by atoms with Crippen molar-refractivity contribution in [3.8, 4) is 0 Å². The Morgan fingerprint density at radius 3 is 2.81 bits per heavy atom. The van der Waals surface area contributed by atoms with Crippen LogP contribution in [0.4, 0.5) is 0 Å². The topological polar surface area (TPSA) is 123 Å². The quantitative estimate of drug-likeness (QED) is 0.510. The Bertz CT molecular complexity index is 569. The molecule has 1 aliphatic rings. The predicted octanol–water partition coefficient (Wildman–Crippen LogP) is -2.18. The molecule has 2 heterocycles. The third kappa shape index (κ3) is 3.39. The average Bonchev–Trinajstić information content (AvgIpc) is 2.76. The Morgan fingerprint density at radius 2 is 2.19 bits per heavy atom. The van der Waals surface area contributed by atoms with Gasteiger partial charge in [0.15, 0.2) is 6.23 Å². The van der Waals surface area contributed by atoms with Gasteiger partial charge in [0.1, 0.15) is 18.3 Å². The zero-order chi connectivity index (χ0) is 15.4. The number of nitrogens with zero attached hydrogens (tertiary/aromatic N) is 1. The molecule has 0 aliphatic carbocycles. The molecule has 9 heteroatoms. The van der Waals surface area contributed by atoms with E-state index < -0.39 is 42.4 Å². The Labute approximate surface area is 119 Å². The molecule has 0 aromatic carbocycles. The van der Waals surface area contributed by atoms with Gasteiger partial charge >= 0.3 is 5.69 Å². The van der Waals surface area contributed by atoms with E-state index in [0.717, 1.165) is 10.6 Å². The molecule has 1 saturated heterocycles. The van der Waals surface area contributed by atoms with Gasteiger partial charge in [0, 0.05) is 19.4 Å². The van der Waals surface area contributed by atoms with Crippen LogP contribution in [0.5, 0.6) is 0 Å². The van der Waals surface area contributed by atoms with E-state index in [9.17, 15) is 19.8 Å². The van der Waals surface area contributed by atoms with Gasteiger partial charge in [-0.2, -0.15) is 0 Å². The van der Waals surface area contributed by atoms with Gasteiger partial charge in [-0.3, -0.25) is 14.3 Å². The predicted molar refractivity (Wildman–Crippen MR) is 69.9 cm³/mol. The van der Waals surface area contributed by atoms with Gasteiger partial charge in [-0.15, -0.1) is 0 Å². The molecule has 1 aromatic rings. The summed E-state index contributed by atoms with van der Waals surface area (Å²) in [6.45, 7) is 0.0779. The number of hydrogen-bond donors (Lipinski definition) is 3. The van der Waals surface area contributed by atoms with Gasteiger partial charge < -0.3 is 24.4 Å². The van der Waals surface area contributed by atoms with Gasteiger partial charge in [-0.1, -0.05) is 0 Å². The summed E-state index contributed by atoms with van der Waals surface area (Å²) in [6, 6.07) is 1.16. The number of aromatic amines is 1. The maximum atomic E-state index is 11.8. The van der Waals surface area contributed by atoms with Crippen molar-refractivity contribution in [1.82, 2.24) is 9.55 Å². The van der Waals surface area contributed by atoms with Gasteiger partial charge in [0.2, 0.25) is 0 Å². The number of methoxy groups -OCH3 is 1. The van der Waals surface area contributed by atoms with Crippen molar-refractivity contribution in [3.63, 3.8) is 0 Å². The summed E-state index contributed by atoms with van der Waals surface area (Å²) in [6.07, 6.45) is -2.53. The molecule has 1 fully saturated rings. The van der Waals surface area contributed by atoms with E-state index in [2.05, 4.69) is 4.98 Å². The molecule has 4 atom stereocenters. The van der Waals surface area contributed by atoms with Crippen LogP contribution in [0, 0.1) is 0 Å². The van der Waals surface area contributed by atoms with Crippen LogP contribution in [0.15, 0.2) is 21.9 Å². The van der Waals surface area contributed by atoms with Crippen molar-refractivity contribution in [2.45, 2.75) is 24.5 Å². The van der Waals surface area contributed by atoms with Gasteiger partial charge in [-0.05, 0) is 0 Å². The summed E-state index contributed by atoms with van der Waals surface area (Å²) in [7, 11) is 1.51. The fraction of sp³-hybridized carbons (Fsp3) is 0.667. The van der Waals surface area contributed by atoms with E-state index in [0.29, 0.717) is 6.61 Å². The molecule has 0 unspecified atom stereocenters. The third-order valence-corrected chi connectivity index (χ3v) is 3.22. The zero-order valence-electron chi connectivity index (χ0n) is 11.5. The Hall–Kier alpha value is -1.52. The van der Waals surface area contributed by atoms with Crippen molar-refractivity contribution in [1.29, 1.82) is 0 Å². The first kappa shape index (κ1) is 15.9. The number of nitrogens with one attached hydrogen (secondary N) is 1. The molecule has 118 valence electrons. The highest BCUT2D eigenvalue weighted by atomic mass is 16.6. The van der Waals surface area contributed by atoms with E-state index in [1.54, 1.807) is 0 Å². The van der Waals surface area contributed by atoms with Crippen LogP contribution in [0.1, 0.15) is 6.23 Å². The molecule has 1 aromatic heterocycles. The highest BCUT2D eigenvalue weighted by molar-refractivity contribution is 4.93. The lowest BCUT2D eigenvalue weighted by Crippen LogP contribution is -2.39. The van der Waals surface area contributed by atoms with Crippen LogP contribution in [0.25, 0.3) is 0 Å². The number of H-pyrrole nitrogens is 1. The minimum absolute atomic E-state index is 0.189. The van der Waals surface area contributed by atoms with Gasteiger partial charge in [0.05, 0.1) is 19.8 Å². The second kappa shape index (κ2) is 6.96. The minimum Gasteiger partial charge on any atom is -0.394 e. The number of ether oxygens (including phenoxy) is 3. The summed E-state index contributed by atoms with van der Waals surface area (Å²) >= 11 is 0. The number of rotatable bonds is 6. The number of aliphatic hydroxyl groups excluding tert-OH is 2. The second-order valence-electron chi connectivity index (χ2n) is 4.58. The molecule has 9 nitrogen and oxygen atoms in total. The fourth-order valence-electron chi connectivity index (χ4n) is 2.17. The van der Waals surface area contributed by atoms with Crippen molar-refractivity contribution >= 4 is 0 Å². The maximum absolute atomic E-state index is 11.8. The molecule has 21 heavy (non-hydrogen) atoms. The first-order chi connectivity index (χ1) is 10.1. The van der Waals surface area contributed by atoms with E-state index in [4.69, 9.17) is 14.2 Å². The Morgan fingerprint density at radius 1 is 1.43 bits per heavy atom. The first-order valence-corrected chi connectivity index (χ1v) is 6.45. The van der Waals surface area contributed by atoms with Crippen molar-refractivity contribution in [3.05, 3.63) is 33.1 Å². The van der Waals surface area contributed by atoms with Crippen molar-refractivity contribution < 1.29 is 24.4 Å². The highest BCUT2D eigenvalue weighted by Gasteiger charge is 2.45. The molecule has 0 saturated carbocycles. The van der Waals surface area contributed by atoms with Crippen LogP contribution in [-0.4, -0.2) is 65.0 Å². The second-order valence-corrected chi connectivity index (χ2v) is 4.58. The molecule has 0 amide bonds. The van der Waals surface area contributed by atoms with Crippen LogP contribution in [-0.2, 0) is 14.2 Å². The van der Waals surface area contributed by atoms with E-state index in [-0.39, 0.29) is 6.61 Å².